The zero-order valence-electron chi connectivity index (χ0n) is 16.0. The third-order valence-electron chi connectivity index (χ3n) is 5.12. The van der Waals surface area contributed by atoms with Gasteiger partial charge in [0.05, 0.1) is 0 Å². The fraction of sp³-hybridized carbons (Fsp3) is 0.364. The molecule has 28 heavy (non-hydrogen) atoms. The summed E-state index contributed by atoms with van der Waals surface area (Å²) in [5.74, 6) is -0.00793. The van der Waals surface area contributed by atoms with E-state index in [2.05, 4.69) is 0 Å². The molecule has 6 heteroatoms. The average molecular weight is 420 g/mol. The number of likely N-dealkylation sites (tertiary alicyclic amines) is 1. The molecule has 1 aliphatic heterocycles. The molecule has 2 aromatic rings. The van der Waals surface area contributed by atoms with Crippen LogP contribution in [-0.2, 0) is 16.0 Å². The number of aryl methyl sites for hydroxylation is 2. The summed E-state index contributed by atoms with van der Waals surface area (Å²) in [4.78, 5) is 26.0. The third kappa shape index (κ3) is 4.86. The minimum Gasteiger partial charge on any atom is -0.464 e. The zero-order chi connectivity index (χ0) is 20.3. The van der Waals surface area contributed by atoms with Crippen LogP contribution in [0.5, 0.6) is 0 Å². The average Bonchev–Trinajstić information content (AvgIpc) is 2.63. The number of carbonyl (C=O) groups excluding carboxylic acids is 2. The SMILES string of the molecule is Cc1cc(C)cc(C(=O)N2CC[C@H](OC=O)C[C@H]2Cc2ccc(Cl)cc2Cl)c1. The standard InChI is InChI=1S/C22H23Cl2NO3/c1-14-7-15(2)9-17(8-14)22(27)25-6-5-20(28-13-26)12-19(25)10-16-3-4-18(23)11-21(16)24/h3-4,7-9,11,13,19-20H,5-6,10,12H2,1-2H3/t19-,20+/m1/s1. The summed E-state index contributed by atoms with van der Waals surface area (Å²) in [6.07, 6.45) is 1.58. The Morgan fingerprint density at radius 2 is 1.89 bits per heavy atom. The molecule has 4 nitrogen and oxygen atoms in total. The first-order chi connectivity index (χ1) is 13.4. The number of carbonyl (C=O) groups is 2. The highest BCUT2D eigenvalue weighted by atomic mass is 35.5. The van der Waals surface area contributed by atoms with Gasteiger partial charge < -0.3 is 9.64 Å². The molecule has 1 aliphatic rings. The lowest BCUT2D eigenvalue weighted by molar-refractivity contribution is -0.136. The van der Waals surface area contributed by atoms with Crippen LogP contribution in [0.4, 0.5) is 0 Å². The van der Waals surface area contributed by atoms with Crippen molar-refractivity contribution >= 4 is 35.6 Å². The number of piperidine rings is 1. The topological polar surface area (TPSA) is 46.6 Å². The van der Waals surface area contributed by atoms with Gasteiger partial charge in [0, 0.05) is 41.0 Å². The summed E-state index contributed by atoms with van der Waals surface area (Å²) in [5.41, 5.74) is 3.71. The van der Waals surface area contributed by atoms with Gasteiger partial charge in [-0.3, -0.25) is 9.59 Å². The second kappa shape index (κ2) is 8.97. The van der Waals surface area contributed by atoms with E-state index >= 15 is 0 Å². The van der Waals surface area contributed by atoms with Gasteiger partial charge >= 0.3 is 0 Å². The van der Waals surface area contributed by atoms with Crippen molar-refractivity contribution in [3.8, 4) is 0 Å². The van der Waals surface area contributed by atoms with Gasteiger partial charge in [-0.1, -0.05) is 46.5 Å². The highest BCUT2D eigenvalue weighted by Crippen LogP contribution is 2.29. The first-order valence-electron chi connectivity index (χ1n) is 9.29. The molecule has 0 radical (unpaired) electrons. The van der Waals surface area contributed by atoms with E-state index in [9.17, 15) is 9.59 Å². The number of benzene rings is 2. The van der Waals surface area contributed by atoms with Gasteiger partial charge in [0.15, 0.2) is 0 Å². The van der Waals surface area contributed by atoms with Gasteiger partial charge in [-0.05, 0) is 50.1 Å². The smallest absolute Gasteiger partial charge is 0.293 e. The predicted octanol–water partition coefficient (Wildman–Crippen LogP) is 5.00. The summed E-state index contributed by atoms with van der Waals surface area (Å²) >= 11 is 12.4. The minimum absolute atomic E-state index is 0.00793. The van der Waals surface area contributed by atoms with Crippen molar-refractivity contribution in [1.29, 1.82) is 0 Å². The normalized spacial score (nSPS) is 19.4. The lowest BCUT2D eigenvalue weighted by atomic mass is 9.92. The lowest BCUT2D eigenvalue weighted by Crippen LogP contribution is -2.49. The second-order valence-electron chi connectivity index (χ2n) is 7.35. The van der Waals surface area contributed by atoms with Gasteiger partial charge in [0.2, 0.25) is 0 Å². The van der Waals surface area contributed by atoms with Crippen molar-refractivity contribution < 1.29 is 14.3 Å². The van der Waals surface area contributed by atoms with E-state index in [4.69, 9.17) is 27.9 Å². The summed E-state index contributed by atoms with van der Waals surface area (Å²) in [6, 6.07) is 11.1. The van der Waals surface area contributed by atoms with Gasteiger partial charge in [0.25, 0.3) is 12.4 Å². The molecular weight excluding hydrogens is 397 g/mol. The Hall–Kier alpha value is -2.04. The van der Waals surface area contributed by atoms with E-state index in [0.29, 0.717) is 47.9 Å². The van der Waals surface area contributed by atoms with E-state index < -0.39 is 0 Å². The van der Waals surface area contributed by atoms with Crippen LogP contribution in [0.3, 0.4) is 0 Å². The predicted molar refractivity (Wildman–Crippen MR) is 111 cm³/mol. The van der Waals surface area contributed by atoms with Crippen molar-refractivity contribution in [2.75, 3.05) is 6.54 Å². The molecule has 3 rings (SSSR count). The number of nitrogens with zero attached hydrogens (tertiary/aromatic N) is 1. The zero-order valence-corrected chi connectivity index (χ0v) is 17.5. The maximum absolute atomic E-state index is 13.3. The van der Waals surface area contributed by atoms with Crippen LogP contribution in [0.15, 0.2) is 36.4 Å². The number of hydrogen-bond donors (Lipinski definition) is 0. The van der Waals surface area contributed by atoms with Gasteiger partial charge in [0.1, 0.15) is 6.10 Å². The Morgan fingerprint density at radius 1 is 1.18 bits per heavy atom. The quantitative estimate of drug-likeness (QED) is 0.640. The van der Waals surface area contributed by atoms with E-state index in [1.807, 2.05) is 43.0 Å². The molecule has 0 N–H and O–H groups in total. The Morgan fingerprint density at radius 3 is 2.54 bits per heavy atom. The fourth-order valence-corrected chi connectivity index (χ4v) is 4.37. The molecule has 0 unspecified atom stereocenters. The first kappa shape index (κ1) is 20.7. The highest BCUT2D eigenvalue weighted by molar-refractivity contribution is 6.35. The van der Waals surface area contributed by atoms with Gasteiger partial charge in [-0.25, -0.2) is 0 Å². The Balaban J connectivity index is 1.88. The molecule has 0 aromatic heterocycles. The van der Waals surface area contributed by atoms with Crippen molar-refractivity contribution in [3.05, 3.63) is 68.7 Å². The molecule has 0 aliphatic carbocycles. The Kier molecular flexibility index (Phi) is 6.63. The number of hydrogen-bond acceptors (Lipinski definition) is 3. The fourth-order valence-electron chi connectivity index (χ4n) is 3.88. The van der Waals surface area contributed by atoms with Crippen LogP contribution in [0.25, 0.3) is 0 Å². The largest absolute Gasteiger partial charge is 0.464 e. The molecule has 148 valence electrons. The molecule has 0 spiro atoms. The molecule has 2 atom stereocenters. The molecule has 2 aromatic carbocycles. The summed E-state index contributed by atoms with van der Waals surface area (Å²) in [6.45, 7) is 4.98. The molecule has 1 heterocycles. The van der Waals surface area contributed by atoms with Crippen LogP contribution in [0.2, 0.25) is 10.0 Å². The number of rotatable bonds is 5. The summed E-state index contributed by atoms with van der Waals surface area (Å²) < 4.78 is 5.20. The lowest BCUT2D eigenvalue weighted by Gasteiger charge is -2.39. The van der Waals surface area contributed by atoms with E-state index in [-0.39, 0.29) is 18.1 Å². The van der Waals surface area contributed by atoms with Crippen LogP contribution in [-0.4, -0.2) is 36.0 Å². The van der Waals surface area contributed by atoms with E-state index in [0.717, 1.165) is 16.7 Å². The number of halogens is 2. The highest BCUT2D eigenvalue weighted by Gasteiger charge is 2.33. The Bertz CT molecular complexity index is 864. The molecule has 0 bridgehead atoms. The molecule has 0 saturated carbocycles. The molecule has 1 amide bonds. The van der Waals surface area contributed by atoms with Gasteiger partial charge in [-0.2, -0.15) is 0 Å². The molecular formula is C22H23Cl2NO3. The van der Waals surface area contributed by atoms with Crippen LogP contribution in [0.1, 0.15) is 39.9 Å². The van der Waals surface area contributed by atoms with Crippen LogP contribution < -0.4 is 0 Å². The van der Waals surface area contributed by atoms with E-state index in [1.54, 1.807) is 12.1 Å². The second-order valence-corrected chi connectivity index (χ2v) is 8.19. The van der Waals surface area contributed by atoms with Crippen molar-refractivity contribution in [3.63, 3.8) is 0 Å². The van der Waals surface area contributed by atoms with Gasteiger partial charge in [-0.15, -0.1) is 0 Å². The minimum atomic E-state index is -0.197. The van der Waals surface area contributed by atoms with Crippen molar-refractivity contribution in [1.82, 2.24) is 4.90 Å². The maximum atomic E-state index is 13.3. The number of amides is 1. The molecule has 1 saturated heterocycles. The summed E-state index contributed by atoms with van der Waals surface area (Å²) in [5, 5.41) is 1.15. The van der Waals surface area contributed by atoms with Crippen molar-refractivity contribution in [2.45, 2.75) is 45.3 Å². The van der Waals surface area contributed by atoms with Crippen LogP contribution in [0, 0.1) is 13.8 Å². The maximum Gasteiger partial charge on any atom is 0.293 e. The number of ether oxygens (including phenoxy) is 1. The first-order valence-corrected chi connectivity index (χ1v) is 10.0. The summed E-state index contributed by atoms with van der Waals surface area (Å²) in [7, 11) is 0. The molecule has 1 fully saturated rings. The monoisotopic (exact) mass is 419 g/mol. The Labute approximate surface area is 175 Å². The van der Waals surface area contributed by atoms with Crippen LogP contribution >= 0.6 is 23.2 Å². The van der Waals surface area contributed by atoms with E-state index in [1.165, 1.54) is 0 Å². The third-order valence-corrected chi connectivity index (χ3v) is 5.70. The van der Waals surface area contributed by atoms with Crippen molar-refractivity contribution in [2.24, 2.45) is 0 Å².